The van der Waals surface area contributed by atoms with Crippen LogP contribution in [-0.2, 0) is 18.3 Å². The summed E-state index contributed by atoms with van der Waals surface area (Å²) in [6.45, 7) is 3.61. The van der Waals surface area contributed by atoms with E-state index in [0.29, 0.717) is 38.5 Å². The maximum Gasteiger partial charge on any atom is 0.288 e. The van der Waals surface area contributed by atoms with Crippen LogP contribution < -0.4 is 10.5 Å². The second-order valence-corrected chi connectivity index (χ2v) is 7.12. The van der Waals surface area contributed by atoms with Gasteiger partial charge in [-0.25, -0.2) is 4.98 Å². The maximum absolute atomic E-state index is 13.5. The van der Waals surface area contributed by atoms with Gasteiger partial charge < -0.3 is 14.4 Å². The minimum atomic E-state index is -0.854. The topological polar surface area (TPSA) is 74.2 Å². The Labute approximate surface area is 161 Å². The minimum absolute atomic E-state index is 0.0766. The normalized spacial score (nSPS) is 14.7. The average molecular weight is 383 g/mol. The SMILES string of the molecule is Cc1nc(N2CCN(C(=O)Cc3cn(C)c4ccccc34)CC2)[nH]c(=O)c1F. The molecule has 28 heavy (non-hydrogen) atoms. The number of aromatic amines is 1. The van der Waals surface area contributed by atoms with E-state index in [9.17, 15) is 14.0 Å². The molecule has 7 nitrogen and oxygen atoms in total. The summed E-state index contributed by atoms with van der Waals surface area (Å²) in [5.41, 5.74) is 1.44. The van der Waals surface area contributed by atoms with Crippen LogP contribution in [0.2, 0.25) is 0 Å². The van der Waals surface area contributed by atoms with Crippen LogP contribution in [-0.4, -0.2) is 51.5 Å². The number of nitrogens with one attached hydrogen (secondary N) is 1. The van der Waals surface area contributed by atoms with Gasteiger partial charge in [-0.05, 0) is 18.6 Å². The van der Waals surface area contributed by atoms with Crippen molar-refractivity contribution in [2.24, 2.45) is 7.05 Å². The van der Waals surface area contributed by atoms with Crippen molar-refractivity contribution in [1.29, 1.82) is 0 Å². The highest BCUT2D eigenvalue weighted by Crippen LogP contribution is 2.21. The lowest BCUT2D eigenvalue weighted by atomic mass is 10.1. The van der Waals surface area contributed by atoms with Gasteiger partial charge in [0, 0.05) is 50.3 Å². The van der Waals surface area contributed by atoms with Crippen molar-refractivity contribution in [3.8, 4) is 0 Å². The number of aryl methyl sites for hydroxylation is 2. The van der Waals surface area contributed by atoms with Crippen molar-refractivity contribution >= 4 is 22.8 Å². The summed E-state index contributed by atoms with van der Waals surface area (Å²) in [4.78, 5) is 34.7. The molecule has 1 amide bonds. The maximum atomic E-state index is 13.5. The number of halogens is 1. The van der Waals surface area contributed by atoms with Gasteiger partial charge in [0.15, 0.2) is 0 Å². The number of hydrogen-bond donors (Lipinski definition) is 1. The van der Waals surface area contributed by atoms with E-state index in [1.165, 1.54) is 6.92 Å². The first-order valence-electron chi connectivity index (χ1n) is 9.26. The summed E-state index contributed by atoms with van der Waals surface area (Å²) in [5.74, 6) is -0.426. The van der Waals surface area contributed by atoms with Gasteiger partial charge in [-0.3, -0.25) is 14.6 Å². The summed E-state index contributed by atoms with van der Waals surface area (Å²) in [7, 11) is 1.98. The summed E-state index contributed by atoms with van der Waals surface area (Å²) in [6, 6.07) is 8.05. The van der Waals surface area contributed by atoms with Gasteiger partial charge in [0.25, 0.3) is 5.56 Å². The lowest BCUT2D eigenvalue weighted by Gasteiger charge is -2.35. The van der Waals surface area contributed by atoms with Crippen molar-refractivity contribution in [2.75, 3.05) is 31.1 Å². The molecular formula is C20H22FN5O2. The number of fused-ring (bicyclic) bond motifs is 1. The van der Waals surface area contributed by atoms with Crippen LogP contribution in [0.3, 0.4) is 0 Å². The van der Waals surface area contributed by atoms with E-state index in [1.54, 1.807) is 0 Å². The molecule has 0 saturated carbocycles. The average Bonchev–Trinajstić information content (AvgIpc) is 3.01. The third-order valence-electron chi connectivity index (χ3n) is 5.27. The monoisotopic (exact) mass is 383 g/mol. The van der Waals surface area contributed by atoms with Crippen LogP contribution in [0.15, 0.2) is 35.3 Å². The first-order valence-corrected chi connectivity index (χ1v) is 9.26. The fraction of sp³-hybridized carbons (Fsp3) is 0.350. The molecule has 1 saturated heterocycles. The van der Waals surface area contributed by atoms with Crippen molar-refractivity contribution < 1.29 is 9.18 Å². The number of carbonyl (C=O) groups is 1. The summed E-state index contributed by atoms with van der Waals surface area (Å²) < 4.78 is 15.5. The molecule has 0 atom stereocenters. The fourth-order valence-electron chi connectivity index (χ4n) is 3.72. The van der Waals surface area contributed by atoms with Crippen molar-refractivity contribution in [3.05, 3.63) is 57.9 Å². The van der Waals surface area contributed by atoms with Gasteiger partial charge in [-0.1, -0.05) is 18.2 Å². The van der Waals surface area contributed by atoms with Gasteiger partial charge in [0.2, 0.25) is 17.7 Å². The molecule has 1 aromatic carbocycles. The zero-order valence-corrected chi connectivity index (χ0v) is 15.9. The molecule has 8 heteroatoms. The third-order valence-corrected chi connectivity index (χ3v) is 5.27. The third kappa shape index (κ3) is 3.26. The van der Waals surface area contributed by atoms with Crippen molar-refractivity contribution in [3.63, 3.8) is 0 Å². The molecule has 1 aliphatic rings. The zero-order valence-electron chi connectivity index (χ0n) is 15.9. The number of para-hydroxylation sites is 1. The second kappa shape index (κ2) is 7.10. The smallest absolute Gasteiger partial charge is 0.288 e. The standard InChI is InChI=1S/C20H22FN5O2/c1-13-18(21)19(28)23-20(22-13)26-9-7-25(8-10-26)17(27)11-14-12-24(2)16-6-4-3-5-15(14)16/h3-6,12H,7-11H2,1-2H3,(H,22,23,28). The molecule has 0 bridgehead atoms. The Morgan fingerprint density at radius 2 is 1.93 bits per heavy atom. The van der Waals surface area contributed by atoms with E-state index < -0.39 is 11.4 Å². The molecular weight excluding hydrogens is 361 g/mol. The number of nitrogens with zero attached hydrogens (tertiary/aromatic N) is 4. The lowest BCUT2D eigenvalue weighted by Crippen LogP contribution is -2.50. The van der Waals surface area contributed by atoms with Crippen molar-refractivity contribution in [2.45, 2.75) is 13.3 Å². The molecule has 1 fully saturated rings. The van der Waals surface area contributed by atoms with E-state index in [2.05, 4.69) is 9.97 Å². The Kier molecular flexibility index (Phi) is 4.62. The number of aromatic nitrogens is 3. The van der Waals surface area contributed by atoms with Crippen LogP contribution in [0, 0.1) is 12.7 Å². The van der Waals surface area contributed by atoms with Crippen LogP contribution in [0.1, 0.15) is 11.3 Å². The molecule has 0 aliphatic carbocycles. The van der Waals surface area contributed by atoms with Gasteiger partial charge in [-0.2, -0.15) is 4.39 Å². The number of carbonyl (C=O) groups excluding carboxylic acids is 1. The quantitative estimate of drug-likeness (QED) is 0.746. The first kappa shape index (κ1) is 18.2. The largest absolute Gasteiger partial charge is 0.350 e. The van der Waals surface area contributed by atoms with E-state index in [-0.39, 0.29) is 11.6 Å². The number of amides is 1. The van der Waals surface area contributed by atoms with Gasteiger partial charge in [-0.15, -0.1) is 0 Å². The van der Waals surface area contributed by atoms with E-state index in [1.807, 2.05) is 51.9 Å². The van der Waals surface area contributed by atoms with Gasteiger partial charge in [0.05, 0.1) is 12.1 Å². The number of rotatable bonds is 3. The molecule has 0 radical (unpaired) electrons. The molecule has 146 valence electrons. The summed E-state index contributed by atoms with van der Waals surface area (Å²) >= 11 is 0. The van der Waals surface area contributed by atoms with Crippen LogP contribution in [0.4, 0.5) is 10.3 Å². The lowest BCUT2D eigenvalue weighted by molar-refractivity contribution is -0.130. The van der Waals surface area contributed by atoms with Gasteiger partial charge >= 0.3 is 0 Å². The highest BCUT2D eigenvalue weighted by molar-refractivity contribution is 5.89. The van der Waals surface area contributed by atoms with Crippen LogP contribution in [0.25, 0.3) is 10.9 Å². The Balaban J connectivity index is 1.43. The molecule has 4 rings (SSSR count). The van der Waals surface area contributed by atoms with E-state index >= 15 is 0 Å². The second-order valence-electron chi connectivity index (χ2n) is 7.12. The summed E-state index contributed by atoms with van der Waals surface area (Å²) in [6.07, 6.45) is 2.36. The number of benzene rings is 1. The molecule has 0 spiro atoms. The molecule has 2 aromatic heterocycles. The van der Waals surface area contributed by atoms with Crippen molar-refractivity contribution in [1.82, 2.24) is 19.4 Å². The number of H-pyrrole nitrogens is 1. The number of anilines is 1. The highest BCUT2D eigenvalue weighted by atomic mass is 19.1. The minimum Gasteiger partial charge on any atom is -0.350 e. The van der Waals surface area contributed by atoms with Crippen LogP contribution in [0.5, 0.6) is 0 Å². The molecule has 1 aliphatic heterocycles. The predicted octanol–water partition coefficient (Wildman–Crippen LogP) is 1.60. The van der Waals surface area contributed by atoms with Gasteiger partial charge in [0.1, 0.15) is 0 Å². The predicted molar refractivity (Wildman–Crippen MR) is 105 cm³/mol. The van der Waals surface area contributed by atoms with E-state index in [0.717, 1.165) is 16.5 Å². The van der Waals surface area contributed by atoms with E-state index in [4.69, 9.17) is 0 Å². The summed E-state index contributed by atoms with van der Waals surface area (Å²) in [5, 5.41) is 1.10. The van der Waals surface area contributed by atoms with Crippen LogP contribution >= 0.6 is 0 Å². The molecule has 0 unspecified atom stereocenters. The molecule has 1 N–H and O–H groups in total. The molecule has 3 heterocycles. The fourth-order valence-corrected chi connectivity index (χ4v) is 3.72. The Hall–Kier alpha value is -3.16. The Morgan fingerprint density at radius 1 is 1.21 bits per heavy atom. The first-order chi connectivity index (χ1) is 13.4. The number of hydrogen-bond acceptors (Lipinski definition) is 4. The zero-order chi connectivity index (χ0) is 19.8. The highest BCUT2D eigenvalue weighted by Gasteiger charge is 2.24. The molecule has 3 aromatic rings. The Morgan fingerprint density at radius 3 is 2.64 bits per heavy atom. The number of piperazine rings is 1. The Bertz CT molecular complexity index is 1100.